The lowest BCUT2D eigenvalue weighted by atomic mass is 9.97. The lowest BCUT2D eigenvalue weighted by Gasteiger charge is -2.20. The highest BCUT2D eigenvalue weighted by molar-refractivity contribution is 5.98. The van der Waals surface area contributed by atoms with Gasteiger partial charge in [-0.2, -0.15) is 0 Å². The number of guanidine groups is 1. The van der Waals surface area contributed by atoms with Gasteiger partial charge in [0, 0.05) is 23.9 Å². The van der Waals surface area contributed by atoms with Gasteiger partial charge in [-0.1, -0.05) is 17.7 Å². The zero-order valence-electron chi connectivity index (χ0n) is 19.3. The third-order valence-corrected chi connectivity index (χ3v) is 5.21. The van der Waals surface area contributed by atoms with Crippen molar-refractivity contribution < 1.29 is 29.7 Å². The molecule has 2 unspecified atom stereocenters. The predicted octanol–water partition coefficient (Wildman–Crippen LogP) is 0.198. The van der Waals surface area contributed by atoms with E-state index in [9.17, 15) is 29.7 Å². The van der Waals surface area contributed by atoms with Gasteiger partial charge >= 0.3 is 5.97 Å². The number of nitrogens with one attached hydrogen (secondary N) is 4. The summed E-state index contributed by atoms with van der Waals surface area (Å²) in [5.41, 5.74) is 1.90. The molecule has 0 saturated carbocycles. The highest BCUT2D eigenvalue weighted by Gasteiger charge is 2.23. The van der Waals surface area contributed by atoms with Crippen molar-refractivity contribution in [2.45, 2.75) is 32.4 Å². The topological polar surface area (TPSA) is 185 Å². The zero-order valence-corrected chi connectivity index (χ0v) is 19.3. The second-order valence-electron chi connectivity index (χ2n) is 8.20. The molecule has 0 aliphatic carbocycles. The normalized spacial score (nSPS) is 15.9. The number of hydrogen-bond donors (Lipinski definition) is 7. The predicted molar refractivity (Wildman–Crippen MR) is 127 cm³/mol. The standard InChI is InChI=1S/C23H28N6O6/c1-12-5-13(2)21(34)16(6-12)17(8-20(32)33)28-19(31)11-25-22(35)14-3-4-24-18(7-14)29-23-26-9-15(30)10-27-23/h3-7,15,17,30,34H,8-11H2,1-2H3,(H,25,35)(H,28,31)(H,32,33)(H2,24,26,27,29). The maximum Gasteiger partial charge on any atom is 0.305 e. The largest absolute Gasteiger partial charge is 0.507 e. The second-order valence-corrected chi connectivity index (χ2v) is 8.20. The number of carboxylic acid groups (broad SMARTS) is 1. The summed E-state index contributed by atoms with van der Waals surface area (Å²) >= 11 is 0. The van der Waals surface area contributed by atoms with Crippen LogP contribution in [-0.4, -0.2) is 69.8 Å². The van der Waals surface area contributed by atoms with Crippen molar-refractivity contribution in [1.29, 1.82) is 0 Å². The molecule has 1 aromatic carbocycles. The number of aliphatic imine (C=N–C) groups is 1. The Kier molecular flexibility index (Phi) is 8.21. The number of phenols is 1. The molecule has 2 atom stereocenters. The van der Waals surface area contributed by atoms with Crippen molar-refractivity contribution in [3.8, 4) is 5.75 Å². The van der Waals surface area contributed by atoms with Crippen molar-refractivity contribution in [1.82, 2.24) is 20.9 Å². The van der Waals surface area contributed by atoms with Gasteiger partial charge in [0.2, 0.25) is 5.91 Å². The Hall–Kier alpha value is -4.19. The summed E-state index contributed by atoms with van der Waals surface area (Å²) in [6, 6.07) is 5.33. The number of amides is 2. The van der Waals surface area contributed by atoms with Crippen molar-refractivity contribution in [3.63, 3.8) is 0 Å². The minimum absolute atomic E-state index is 0.0884. The van der Waals surface area contributed by atoms with Gasteiger partial charge in [-0.15, -0.1) is 0 Å². The third-order valence-electron chi connectivity index (χ3n) is 5.21. The van der Waals surface area contributed by atoms with Gasteiger partial charge in [0.05, 0.1) is 31.7 Å². The van der Waals surface area contributed by atoms with Crippen LogP contribution in [0.1, 0.15) is 39.5 Å². The number of aryl methyl sites for hydroxylation is 2. The van der Waals surface area contributed by atoms with Gasteiger partial charge in [0.25, 0.3) is 5.91 Å². The molecule has 0 radical (unpaired) electrons. The van der Waals surface area contributed by atoms with Crippen LogP contribution in [0.3, 0.4) is 0 Å². The molecule has 2 aromatic rings. The average molecular weight is 485 g/mol. The lowest BCUT2D eigenvalue weighted by Crippen LogP contribution is -2.42. The summed E-state index contributed by atoms with van der Waals surface area (Å²) in [6.45, 7) is 3.66. The Morgan fingerprint density at radius 1 is 1.23 bits per heavy atom. The summed E-state index contributed by atoms with van der Waals surface area (Å²) in [4.78, 5) is 44.7. The van der Waals surface area contributed by atoms with E-state index in [1.165, 1.54) is 18.3 Å². The molecule has 1 aromatic heterocycles. The number of carbonyl (C=O) groups excluding carboxylic acids is 2. The van der Waals surface area contributed by atoms with Crippen molar-refractivity contribution in [2.24, 2.45) is 4.99 Å². The number of hydrogen-bond acceptors (Lipinski definition) is 9. The van der Waals surface area contributed by atoms with E-state index in [1.807, 2.05) is 0 Å². The van der Waals surface area contributed by atoms with Crippen molar-refractivity contribution in [3.05, 3.63) is 52.7 Å². The summed E-state index contributed by atoms with van der Waals surface area (Å²) in [7, 11) is 0. The molecule has 0 spiro atoms. The fourth-order valence-electron chi connectivity index (χ4n) is 3.56. The molecule has 0 saturated heterocycles. The van der Waals surface area contributed by atoms with E-state index in [0.717, 1.165) is 5.56 Å². The molecule has 2 heterocycles. The number of aliphatic hydroxyl groups excluding tert-OH is 1. The molecule has 0 fully saturated rings. The molecule has 12 nitrogen and oxygen atoms in total. The Balaban J connectivity index is 1.62. The summed E-state index contributed by atoms with van der Waals surface area (Å²) < 4.78 is 0. The zero-order chi connectivity index (χ0) is 25.5. The second kappa shape index (κ2) is 11.3. The van der Waals surface area contributed by atoms with Crippen LogP contribution in [0.25, 0.3) is 0 Å². The number of phenolic OH excluding ortho intramolecular Hbond substituents is 1. The molecule has 0 bridgehead atoms. The number of nitrogens with zero attached hydrogens (tertiary/aromatic N) is 2. The number of β-amino-alcohol motifs (C(OH)–C–C–N with tert-alkyl or cyclic N) is 1. The molecule has 12 heteroatoms. The van der Waals surface area contributed by atoms with Gasteiger partial charge < -0.3 is 36.6 Å². The minimum Gasteiger partial charge on any atom is -0.507 e. The molecule has 3 rings (SSSR count). The number of carboxylic acids is 1. The number of aliphatic carboxylic acids is 1. The minimum atomic E-state index is -1.15. The number of pyridine rings is 1. The van der Waals surface area contributed by atoms with Gasteiger partial charge in [-0.05, 0) is 31.5 Å². The summed E-state index contributed by atoms with van der Waals surface area (Å²) in [5.74, 6) is -1.63. The van der Waals surface area contributed by atoms with Crippen LogP contribution in [0, 0.1) is 13.8 Å². The van der Waals surface area contributed by atoms with Crippen molar-refractivity contribution in [2.75, 3.05) is 25.0 Å². The highest BCUT2D eigenvalue weighted by atomic mass is 16.4. The fourth-order valence-corrected chi connectivity index (χ4v) is 3.56. The van der Waals surface area contributed by atoms with Crippen molar-refractivity contribution >= 4 is 29.6 Å². The van der Waals surface area contributed by atoms with E-state index in [0.29, 0.717) is 29.4 Å². The molecule has 186 valence electrons. The van der Waals surface area contributed by atoms with Crippen LogP contribution in [0.15, 0.2) is 35.5 Å². The molecular weight excluding hydrogens is 456 g/mol. The Morgan fingerprint density at radius 3 is 2.69 bits per heavy atom. The van der Waals surface area contributed by atoms with E-state index < -0.39 is 42.9 Å². The maximum absolute atomic E-state index is 12.6. The number of aromatic nitrogens is 1. The number of anilines is 1. The van der Waals surface area contributed by atoms with E-state index in [4.69, 9.17) is 0 Å². The number of aromatic hydroxyl groups is 1. The molecule has 1 aliphatic heterocycles. The maximum atomic E-state index is 12.6. The van der Waals surface area contributed by atoms with E-state index in [1.54, 1.807) is 26.0 Å². The van der Waals surface area contributed by atoms with Gasteiger partial charge in [-0.25, -0.2) is 4.98 Å². The molecular formula is C23H28N6O6. The number of benzene rings is 1. The first kappa shape index (κ1) is 25.4. The van der Waals surface area contributed by atoms with Crippen LogP contribution in [-0.2, 0) is 9.59 Å². The smallest absolute Gasteiger partial charge is 0.305 e. The summed E-state index contributed by atoms with van der Waals surface area (Å²) in [6.07, 6.45) is 0.414. The van der Waals surface area contributed by atoms with Gasteiger partial charge in [0.1, 0.15) is 11.6 Å². The SMILES string of the molecule is Cc1cc(C)c(O)c(C(CC(=O)O)NC(=O)CNC(=O)c2ccnc(NC3=NCC(O)CN3)c2)c1. The monoisotopic (exact) mass is 484 g/mol. The first-order valence-electron chi connectivity index (χ1n) is 10.9. The quantitative estimate of drug-likeness (QED) is 0.275. The highest BCUT2D eigenvalue weighted by Crippen LogP contribution is 2.31. The number of aliphatic hydroxyl groups is 1. The van der Waals surface area contributed by atoms with E-state index in [-0.39, 0.29) is 17.9 Å². The summed E-state index contributed by atoms with van der Waals surface area (Å²) in [5, 5.41) is 40.0. The van der Waals surface area contributed by atoms with Crippen LogP contribution in [0.5, 0.6) is 5.75 Å². The fraction of sp³-hybridized carbons (Fsp3) is 0.348. The van der Waals surface area contributed by atoms with Crippen LogP contribution in [0.4, 0.5) is 5.82 Å². The van der Waals surface area contributed by atoms with Crippen LogP contribution in [0.2, 0.25) is 0 Å². The molecule has 35 heavy (non-hydrogen) atoms. The molecule has 2 amide bonds. The van der Waals surface area contributed by atoms with Crippen LogP contribution < -0.4 is 21.3 Å². The number of rotatable bonds is 8. The first-order chi connectivity index (χ1) is 16.6. The average Bonchev–Trinajstić information content (AvgIpc) is 2.81. The molecule has 1 aliphatic rings. The Morgan fingerprint density at radius 2 is 2.00 bits per heavy atom. The van der Waals surface area contributed by atoms with Crippen LogP contribution >= 0.6 is 0 Å². The lowest BCUT2D eigenvalue weighted by molar-refractivity contribution is -0.137. The van der Waals surface area contributed by atoms with Gasteiger partial charge in [0.15, 0.2) is 5.96 Å². The first-order valence-corrected chi connectivity index (χ1v) is 10.9. The third kappa shape index (κ3) is 7.14. The van der Waals surface area contributed by atoms with E-state index in [2.05, 4.69) is 31.2 Å². The number of carbonyl (C=O) groups is 3. The Labute approximate surface area is 201 Å². The Bertz CT molecular complexity index is 1150. The molecule has 7 N–H and O–H groups in total. The van der Waals surface area contributed by atoms with E-state index >= 15 is 0 Å². The van der Waals surface area contributed by atoms with Gasteiger partial charge in [-0.3, -0.25) is 19.4 Å².